The van der Waals surface area contributed by atoms with E-state index in [1.807, 2.05) is 6.07 Å². The van der Waals surface area contributed by atoms with Crippen LogP contribution in [0.25, 0.3) is 0 Å². The number of carbonyl (C=O) groups is 2. The lowest BCUT2D eigenvalue weighted by atomic mass is 10.1. The van der Waals surface area contributed by atoms with Crippen LogP contribution in [0.2, 0.25) is 0 Å². The van der Waals surface area contributed by atoms with Gasteiger partial charge in [-0.3, -0.25) is 4.79 Å². The summed E-state index contributed by atoms with van der Waals surface area (Å²) in [6, 6.07) is 6.49. The van der Waals surface area contributed by atoms with E-state index in [0.29, 0.717) is 11.3 Å². The fourth-order valence-corrected chi connectivity index (χ4v) is 1.90. The second kappa shape index (κ2) is 3.84. The molecule has 0 radical (unpaired) electrons. The zero-order chi connectivity index (χ0) is 13.5. The highest BCUT2D eigenvalue weighted by atomic mass is 16.2. The first-order valence-corrected chi connectivity index (χ1v) is 5.54. The van der Waals surface area contributed by atoms with Crippen molar-refractivity contribution < 1.29 is 9.59 Å². The molecule has 0 aromatic heterocycles. The molecular formula is C13H13N3O2. The minimum Gasteiger partial charge on any atom is -0.323 e. The Balaban J connectivity index is 2.45. The fraction of sp³-hybridized carbons (Fsp3) is 0.308. The molecule has 1 aromatic rings. The summed E-state index contributed by atoms with van der Waals surface area (Å²) in [7, 11) is 0. The lowest BCUT2D eigenvalue weighted by molar-refractivity contribution is -0.120. The van der Waals surface area contributed by atoms with Crippen LogP contribution in [0.3, 0.4) is 0 Å². The number of aryl methyl sites for hydroxylation is 1. The lowest BCUT2D eigenvalue weighted by Crippen LogP contribution is -2.40. The van der Waals surface area contributed by atoms with E-state index in [1.165, 1.54) is 0 Å². The van der Waals surface area contributed by atoms with E-state index < -0.39 is 11.6 Å². The number of nitrogens with one attached hydrogen (secondary N) is 1. The van der Waals surface area contributed by atoms with E-state index in [1.54, 1.807) is 39.0 Å². The van der Waals surface area contributed by atoms with Gasteiger partial charge in [-0.2, -0.15) is 5.26 Å². The number of hydrogen-bond donors (Lipinski definition) is 1. The normalized spacial score (nSPS) is 17.6. The van der Waals surface area contributed by atoms with E-state index in [9.17, 15) is 9.59 Å². The molecule has 1 heterocycles. The molecule has 1 aliphatic heterocycles. The third kappa shape index (κ3) is 1.72. The van der Waals surface area contributed by atoms with Gasteiger partial charge in [0.15, 0.2) is 0 Å². The molecule has 1 fully saturated rings. The topological polar surface area (TPSA) is 73.2 Å². The van der Waals surface area contributed by atoms with Crippen molar-refractivity contribution in [3.05, 3.63) is 29.3 Å². The van der Waals surface area contributed by atoms with E-state index >= 15 is 0 Å². The first-order chi connectivity index (χ1) is 8.36. The van der Waals surface area contributed by atoms with Crippen molar-refractivity contribution in [2.75, 3.05) is 4.90 Å². The largest absolute Gasteiger partial charge is 0.329 e. The molecule has 18 heavy (non-hydrogen) atoms. The van der Waals surface area contributed by atoms with Gasteiger partial charge < -0.3 is 5.32 Å². The molecule has 2 rings (SSSR count). The van der Waals surface area contributed by atoms with Crippen LogP contribution in [0.5, 0.6) is 0 Å². The molecule has 92 valence electrons. The minimum absolute atomic E-state index is 0.295. The Kier molecular flexibility index (Phi) is 2.59. The Labute approximate surface area is 105 Å². The summed E-state index contributed by atoms with van der Waals surface area (Å²) in [5, 5.41) is 11.5. The molecule has 5 nitrogen and oxygen atoms in total. The molecule has 5 heteroatoms. The number of amides is 3. The first kappa shape index (κ1) is 12.1. The SMILES string of the molecule is Cc1cc(N2C(=O)NC(C)(C)C2=O)ccc1C#N. The van der Waals surface area contributed by atoms with Crippen molar-refractivity contribution in [3.8, 4) is 6.07 Å². The highest BCUT2D eigenvalue weighted by molar-refractivity contribution is 6.23. The van der Waals surface area contributed by atoms with Gasteiger partial charge in [-0.05, 0) is 44.5 Å². The van der Waals surface area contributed by atoms with Crippen LogP contribution >= 0.6 is 0 Å². The van der Waals surface area contributed by atoms with Gasteiger partial charge in [0, 0.05) is 0 Å². The maximum absolute atomic E-state index is 12.1. The van der Waals surface area contributed by atoms with Crippen LogP contribution in [0.1, 0.15) is 25.0 Å². The number of urea groups is 1. The van der Waals surface area contributed by atoms with Gasteiger partial charge in [0.1, 0.15) is 5.54 Å². The number of imide groups is 1. The number of nitrogens with zero attached hydrogens (tertiary/aromatic N) is 2. The number of anilines is 1. The number of nitriles is 1. The van der Waals surface area contributed by atoms with Gasteiger partial charge in [-0.15, -0.1) is 0 Å². The Hall–Kier alpha value is -2.35. The molecule has 3 amide bonds. The molecule has 0 bridgehead atoms. The highest BCUT2D eigenvalue weighted by Crippen LogP contribution is 2.26. The lowest BCUT2D eigenvalue weighted by Gasteiger charge is -2.16. The predicted octanol–water partition coefficient (Wildman–Crippen LogP) is 1.70. The van der Waals surface area contributed by atoms with E-state index in [2.05, 4.69) is 5.32 Å². The van der Waals surface area contributed by atoms with Gasteiger partial charge in [0.05, 0.1) is 17.3 Å². The van der Waals surface area contributed by atoms with Crippen LogP contribution in [-0.4, -0.2) is 17.5 Å². The molecule has 1 saturated heterocycles. The van der Waals surface area contributed by atoms with Crippen LogP contribution in [0, 0.1) is 18.3 Å². The van der Waals surface area contributed by atoms with Crippen LogP contribution in [0.15, 0.2) is 18.2 Å². The quantitative estimate of drug-likeness (QED) is 0.763. The minimum atomic E-state index is -0.890. The van der Waals surface area contributed by atoms with Crippen LogP contribution in [-0.2, 0) is 4.79 Å². The molecule has 1 aliphatic rings. The molecule has 0 spiro atoms. The summed E-state index contributed by atoms with van der Waals surface area (Å²) in [6.07, 6.45) is 0. The van der Waals surface area contributed by atoms with Gasteiger partial charge in [-0.1, -0.05) is 0 Å². The summed E-state index contributed by atoms with van der Waals surface area (Å²) >= 11 is 0. The van der Waals surface area contributed by atoms with Gasteiger partial charge >= 0.3 is 6.03 Å². The zero-order valence-electron chi connectivity index (χ0n) is 10.4. The van der Waals surface area contributed by atoms with Crippen molar-refractivity contribution in [1.29, 1.82) is 5.26 Å². The summed E-state index contributed by atoms with van der Waals surface area (Å²) in [5.74, 6) is -0.295. The highest BCUT2D eigenvalue weighted by Gasteiger charge is 2.45. The number of benzene rings is 1. The Morgan fingerprint density at radius 3 is 2.44 bits per heavy atom. The second-order valence-electron chi connectivity index (χ2n) is 4.81. The maximum Gasteiger partial charge on any atom is 0.329 e. The third-order valence-corrected chi connectivity index (χ3v) is 2.95. The van der Waals surface area contributed by atoms with E-state index in [4.69, 9.17) is 5.26 Å². The summed E-state index contributed by atoms with van der Waals surface area (Å²) in [6.45, 7) is 5.08. The number of rotatable bonds is 1. The smallest absolute Gasteiger partial charge is 0.323 e. The number of carbonyl (C=O) groups excluding carboxylic acids is 2. The maximum atomic E-state index is 12.1. The Bertz CT molecular complexity index is 584. The second-order valence-corrected chi connectivity index (χ2v) is 4.81. The summed E-state index contributed by atoms with van der Waals surface area (Å²) in [5.41, 5.74) is 0.865. The van der Waals surface area contributed by atoms with Gasteiger partial charge in [0.2, 0.25) is 0 Å². The Morgan fingerprint density at radius 2 is 2.00 bits per heavy atom. The molecule has 0 aliphatic carbocycles. The fourth-order valence-electron chi connectivity index (χ4n) is 1.90. The standard InChI is InChI=1S/C13H13N3O2/c1-8-6-10(5-4-9(8)7-14)16-11(17)13(2,3)15-12(16)18/h4-6H,1-3H3,(H,15,18). The summed E-state index contributed by atoms with van der Waals surface area (Å²) < 4.78 is 0. The predicted molar refractivity (Wildman–Crippen MR) is 66.0 cm³/mol. The average Bonchev–Trinajstić information content (AvgIpc) is 2.48. The zero-order valence-corrected chi connectivity index (χ0v) is 10.4. The molecule has 0 atom stereocenters. The third-order valence-electron chi connectivity index (χ3n) is 2.95. The van der Waals surface area contributed by atoms with Crippen molar-refractivity contribution in [2.45, 2.75) is 26.3 Å². The molecule has 0 saturated carbocycles. The molecule has 1 aromatic carbocycles. The number of hydrogen-bond acceptors (Lipinski definition) is 3. The first-order valence-electron chi connectivity index (χ1n) is 5.54. The molecule has 0 unspecified atom stereocenters. The van der Waals surface area contributed by atoms with Crippen molar-refractivity contribution in [1.82, 2.24) is 5.32 Å². The van der Waals surface area contributed by atoms with Crippen LogP contribution in [0.4, 0.5) is 10.5 Å². The van der Waals surface area contributed by atoms with Gasteiger partial charge in [0.25, 0.3) is 5.91 Å². The Morgan fingerprint density at radius 1 is 1.33 bits per heavy atom. The van der Waals surface area contributed by atoms with Crippen molar-refractivity contribution in [3.63, 3.8) is 0 Å². The molecular weight excluding hydrogens is 230 g/mol. The van der Waals surface area contributed by atoms with E-state index in [-0.39, 0.29) is 5.91 Å². The van der Waals surface area contributed by atoms with Crippen molar-refractivity contribution in [2.24, 2.45) is 0 Å². The molecule has 1 N–H and O–H groups in total. The summed E-state index contributed by atoms with van der Waals surface area (Å²) in [4.78, 5) is 25.0. The van der Waals surface area contributed by atoms with Crippen molar-refractivity contribution >= 4 is 17.6 Å². The van der Waals surface area contributed by atoms with Crippen LogP contribution < -0.4 is 10.2 Å². The monoisotopic (exact) mass is 243 g/mol. The van der Waals surface area contributed by atoms with Gasteiger partial charge in [-0.25, -0.2) is 9.69 Å². The van der Waals surface area contributed by atoms with E-state index in [0.717, 1.165) is 10.5 Å². The average molecular weight is 243 g/mol.